The molecule has 0 aliphatic carbocycles. The minimum absolute atomic E-state index is 0.294. The number of hydrogen-bond donors (Lipinski definition) is 1. The van der Waals surface area contributed by atoms with Gasteiger partial charge in [-0.05, 0) is 46.0 Å². The Bertz CT molecular complexity index is 387. The third-order valence-electron chi connectivity index (χ3n) is 2.71. The summed E-state index contributed by atoms with van der Waals surface area (Å²) in [5.41, 5.74) is -0.566. The Morgan fingerprint density at radius 1 is 1.35 bits per heavy atom. The highest BCUT2D eigenvalue weighted by molar-refractivity contribution is 5.21. The number of likely N-dealkylation sites (N-methyl/N-ethyl adjacent to an activating group) is 1. The molecule has 1 N–H and O–H groups in total. The van der Waals surface area contributed by atoms with Crippen molar-refractivity contribution < 1.29 is 13.9 Å². The van der Waals surface area contributed by atoms with Crippen LogP contribution in [0.3, 0.4) is 0 Å². The van der Waals surface area contributed by atoms with Gasteiger partial charge in [0.2, 0.25) is 0 Å². The Balaban J connectivity index is 2.88. The Morgan fingerprint density at radius 2 is 1.94 bits per heavy atom. The van der Waals surface area contributed by atoms with Gasteiger partial charge in [0.05, 0.1) is 5.60 Å². The van der Waals surface area contributed by atoms with Gasteiger partial charge in [0.25, 0.3) is 0 Å². The zero-order valence-electron chi connectivity index (χ0n) is 10.7. The van der Waals surface area contributed by atoms with E-state index in [9.17, 15) is 13.9 Å². The van der Waals surface area contributed by atoms with Crippen LogP contribution in [0.25, 0.3) is 0 Å². The molecule has 1 aromatic carbocycles. The molecule has 0 aliphatic heterocycles. The maximum absolute atomic E-state index is 13.6. The van der Waals surface area contributed by atoms with Crippen LogP contribution >= 0.6 is 0 Å². The molecule has 1 unspecified atom stereocenters. The highest BCUT2D eigenvalue weighted by Crippen LogP contribution is 2.23. The van der Waals surface area contributed by atoms with Crippen molar-refractivity contribution in [3.63, 3.8) is 0 Å². The van der Waals surface area contributed by atoms with Crippen LogP contribution in [0.2, 0.25) is 0 Å². The molecule has 1 aromatic rings. The fraction of sp³-hybridized carbons (Fsp3) is 0.538. The number of aliphatic hydroxyl groups is 1. The number of hydrogen-bond acceptors (Lipinski definition) is 2. The third kappa shape index (κ3) is 4.06. The van der Waals surface area contributed by atoms with E-state index in [1.54, 1.807) is 32.7 Å². The first kappa shape index (κ1) is 14.1. The molecule has 0 amide bonds. The summed E-state index contributed by atoms with van der Waals surface area (Å²) in [7, 11) is 1.77. The normalized spacial score (nSPS) is 14.1. The zero-order valence-corrected chi connectivity index (χ0v) is 10.7. The van der Waals surface area contributed by atoms with E-state index < -0.39 is 17.2 Å². The minimum Gasteiger partial charge on any atom is -0.389 e. The SMILES string of the molecule is CC(c1cc(F)ccc1F)N(C)CC(C)(C)O. The molecule has 1 atom stereocenters. The van der Waals surface area contributed by atoms with E-state index in [1.807, 2.05) is 0 Å². The first-order chi connectivity index (χ1) is 7.70. The molecule has 2 nitrogen and oxygen atoms in total. The van der Waals surface area contributed by atoms with Crippen molar-refractivity contribution in [1.29, 1.82) is 0 Å². The van der Waals surface area contributed by atoms with Gasteiger partial charge in [0, 0.05) is 18.2 Å². The molecule has 0 fully saturated rings. The van der Waals surface area contributed by atoms with Crippen molar-refractivity contribution in [2.24, 2.45) is 0 Å². The lowest BCUT2D eigenvalue weighted by molar-refractivity contribution is 0.0329. The number of nitrogens with zero attached hydrogens (tertiary/aromatic N) is 1. The van der Waals surface area contributed by atoms with E-state index in [0.717, 1.165) is 12.1 Å². The molecule has 0 heterocycles. The largest absolute Gasteiger partial charge is 0.389 e. The van der Waals surface area contributed by atoms with Crippen molar-refractivity contribution in [2.75, 3.05) is 13.6 Å². The average Bonchev–Trinajstić information content (AvgIpc) is 2.18. The van der Waals surface area contributed by atoms with Crippen LogP contribution in [0.1, 0.15) is 32.4 Å². The summed E-state index contributed by atoms with van der Waals surface area (Å²) in [5, 5.41) is 9.70. The molecule has 4 heteroatoms. The van der Waals surface area contributed by atoms with Crippen molar-refractivity contribution in [3.05, 3.63) is 35.4 Å². The quantitative estimate of drug-likeness (QED) is 0.879. The number of benzene rings is 1. The molecule has 0 saturated carbocycles. The smallest absolute Gasteiger partial charge is 0.128 e. The van der Waals surface area contributed by atoms with Crippen LogP contribution in [0.15, 0.2) is 18.2 Å². The molecular formula is C13H19F2NO. The van der Waals surface area contributed by atoms with Gasteiger partial charge in [-0.1, -0.05) is 0 Å². The van der Waals surface area contributed by atoms with E-state index in [1.165, 1.54) is 6.07 Å². The molecule has 0 aromatic heterocycles. The molecule has 0 spiro atoms. The van der Waals surface area contributed by atoms with Crippen molar-refractivity contribution in [3.8, 4) is 0 Å². The number of halogens is 2. The molecular weight excluding hydrogens is 224 g/mol. The Kier molecular flexibility index (Phi) is 4.22. The summed E-state index contributed by atoms with van der Waals surface area (Å²) in [6.45, 7) is 5.52. The van der Waals surface area contributed by atoms with Crippen LogP contribution in [0.5, 0.6) is 0 Å². The lowest BCUT2D eigenvalue weighted by atomic mass is 10.0. The first-order valence-electron chi connectivity index (χ1n) is 5.58. The highest BCUT2D eigenvalue weighted by Gasteiger charge is 2.22. The highest BCUT2D eigenvalue weighted by atomic mass is 19.1. The zero-order chi connectivity index (χ0) is 13.2. The fourth-order valence-corrected chi connectivity index (χ4v) is 1.82. The van der Waals surface area contributed by atoms with Gasteiger partial charge in [-0.2, -0.15) is 0 Å². The van der Waals surface area contributed by atoms with Gasteiger partial charge < -0.3 is 5.11 Å². The summed E-state index contributed by atoms with van der Waals surface area (Å²) >= 11 is 0. The molecule has 0 bridgehead atoms. The Hall–Kier alpha value is -1.00. The van der Waals surface area contributed by atoms with Gasteiger partial charge in [-0.15, -0.1) is 0 Å². The predicted molar refractivity (Wildman–Crippen MR) is 63.7 cm³/mol. The lowest BCUT2D eigenvalue weighted by Crippen LogP contribution is -2.37. The van der Waals surface area contributed by atoms with Crippen molar-refractivity contribution in [2.45, 2.75) is 32.4 Å². The van der Waals surface area contributed by atoms with Gasteiger partial charge in [-0.25, -0.2) is 8.78 Å². The second kappa shape index (κ2) is 5.10. The summed E-state index contributed by atoms with van der Waals surface area (Å²) in [5.74, 6) is -0.883. The predicted octanol–water partition coefficient (Wildman–Crippen LogP) is 2.73. The van der Waals surface area contributed by atoms with Gasteiger partial charge in [0.15, 0.2) is 0 Å². The summed E-state index contributed by atoms with van der Waals surface area (Å²) in [6, 6.07) is 3.12. The summed E-state index contributed by atoms with van der Waals surface area (Å²) < 4.78 is 26.6. The standard InChI is InChI=1S/C13H19F2NO/c1-9(16(4)8-13(2,3)17)11-7-10(14)5-6-12(11)15/h5-7,9,17H,8H2,1-4H3. The Labute approximate surface area is 101 Å². The van der Waals surface area contributed by atoms with Crippen LogP contribution in [0, 0.1) is 11.6 Å². The van der Waals surface area contributed by atoms with E-state index in [-0.39, 0.29) is 6.04 Å². The molecule has 1 rings (SSSR count). The maximum atomic E-state index is 13.6. The third-order valence-corrected chi connectivity index (χ3v) is 2.71. The maximum Gasteiger partial charge on any atom is 0.128 e. The Morgan fingerprint density at radius 3 is 2.47 bits per heavy atom. The van der Waals surface area contributed by atoms with Gasteiger partial charge in [0.1, 0.15) is 11.6 Å². The monoisotopic (exact) mass is 243 g/mol. The minimum atomic E-state index is -0.868. The molecule has 96 valence electrons. The van der Waals surface area contributed by atoms with Gasteiger partial charge >= 0.3 is 0 Å². The molecule has 17 heavy (non-hydrogen) atoms. The van der Waals surface area contributed by atoms with E-state index >= 15 is 0 Å². The molecule has 0 radical (unpaired) electrons. The lowest BCUT2D eigenvalue weighted by Gasteiger charge is -2.30. The van der Waals surface area contributed by atoms with Crippen LogP contribution in [-0.2, 0) is 0 Å². The van der Waals surface area contributed by atoms with Crippen LogP contribution in [-0.4, -0.2) is 29.2 Å². The van der Waals surface area contributed by atoms with Crippen molar-refractivity contribution in [1.82, 2.24) is 4.90 Å². The summed E-state index contributed by atoms with van der Waals surface area (Å²) in [6.07, 6.45) is 0. The van der Waals surface area contributed by atoms with Gasteiger partial charge in [-0.3, -0.25) is 4.90 Å². The first-order valence-corrected chi connectivity index (χ1v) is 5.58. The second-order valence-electron chi connectivity index (χ2n) is 5.07. The molecule has 0 aliphatic rings. The average molecular weight is 243 g/mol. The van der Waals surface area contributed by atoms with E-state index in [4.69, 9.17) is 0 Å². The summed E-state index contributed by atoms with van der Waals surface area (Å²) in [4.78, 5) is 1.79. The van der Waals surface area contributed by atoms with Crippen LogP contribution < -0.4 is 0 Å². The van der Waals surface area contributed by atoms with E-state index in [0.29, 0.717) is 12.1 Å². The topological polar surface area (TPSA) is 23.5 Å². The second-order valence-corrected chi connectivity index (χ2v) is 5.07. The van der Waals surface area contributed by atoms with Crippen molar-refractivity contribution >= 4 is 0 Å². The molecule has 0 saturated heterocycles. The van der Waals surface area contributed by atoms with Crippen LogP contribution in [0.4, 0.5) is 8.78 Å². The fourth-order valence-electron chi connectivity index (χ4n) is 1.82. The van der Waals surface area contributed by atoms with E-state index in [2.05, 4.69) is 0 Å². The number of rotatable bonds is 4.